The van der Waals surface area contributed by atoms with Gasteiger partial charge in [0.25, 0.3) is 0 Å². The van der Waals surface area contributed by atoms with Crippen molar-refractivity contribution in [2.75, 3.05) is 61.1 Å². The van der Waals surface area contributed by atoms with E-state index < -0.39 is 21.8 Å². The molecule has 0 radical (unpaired) electrons. The Morgan fingerprint density at radius 1 is 0.500 bits per heavy atom. The maximum absolute atomic E-state index is 9.75. The summed E-state index contributed by atoms with van der Waals surface area (Å²) in [6.07, 6.45) is 6.47. The highest BCUT2D eigenvalue weighted by Gasteiger charge is 2.96. The van der Waals surface area contributed by atoms with Gasteiger partial charge in [-0.3, -0.25) is 0 Å². The predicted octanol–water partition coefficient (Wildman–Crippen LogP) is 4.11. The largest absolute Gasteiger partial charge is 0.673 e. The van der Waals surface area contributed by atoms with Gasteiger partial charge in [0, 0.05) is 0 Å². The second-order valence-corrected chi connectivity index (χ2v) is 9.89. The van der Waals surface area contributed by atoms with Gasteiger partial charge in [-0.15, -0.1) is 0 Å². The predicted molar refractivity (Wildman–Crippen MR) is 133 cm³/mol. The third-order valence-electron chi connectivity index (χ3n) is 5.53. The normalized spacial score (nSPS) is 25.0. The molecule has 0 aliphatic carbocycles. The average Bonchev–Trinajstić information content (AvgIpc) is 3.11. The molecule has 0 saturated carbocycles. The molecule has 0 saturated heterocycles. The molecule has 0 spiro atoms. The van der Waals surface area contributed by atoms with E-state index >= 15 is 0 Å². The Kier molecular flexibility index (Phi) is 12.2. The number of halogens is 12. The number of amidine groups is 3. The van der Waals surface area contributed by atoms with E-state index in [9.17, 15) is 51.8 Å². The molecule has 0 fully saturated rings. The fourth-order valence-corrected chi connectivity index (χ4v) is 7.40. The summed E-state index contributed by atoms with van der Waals surface area (Å²) in [5, 5.41) is 3.84. The van der Waals surface area contributed by atoms with E-state index in [0.717, 1.165) is 0 Å². The number of thioether (sulfide) groups is 3. The van der Waals surface area contributed by atoms with Crippen molar-refractivity contribution in [1.29, 1.82) is 0 Å². The fourth-order valence-electron chi connectivity index (χ4n) is 5.00. The Balaban J connectivity index is 0.000000751. The van der Waals surface area contributed by atoms with Crippen LogP contribution in [0.5, 0.6) is 0 Å². The quantitative estimate of drug-likeness (QED) is 0.225. The zero-order valence-electron chi connectivity index (χ0n) is 21.7. The number of hydrogen-bond donors (Lipinski definition) is 0. The Morgan fingerprint density at radius 2 is 0.658 bits per heavy atom. The molecule has 224 valence electrons. The molecule has 0 atom stereocenters. The van der Waals surface area contributed by atoms with Crippen LogP contribution in [0.15, 0.2) is 0 Å². The van der Waals surface area contributed by atoms with E-state index in [-0.39, 0.29) is 11.6 Å². The van der Waals surface area contributed by atoms with Crippen molar-refractivity contribution in [3.63, 3.8) is 0 Å². The SMILES string of the molecule is CSC1=[N+](C)C23[N+](C)=C(SC)N(C)C2(N1C)N(C)C(SC)=[N+]3C.F[B-](F)(F)F.F[B-](F)(F)F.F[B-](F)(F)F. The molecule has 3 rings (SSSR count). The molecule has 3 heterocycles. The van der Waals surface area contributed by atoms with E-state index in [1.54, 1.807) is 0 Å². The van der Waals surface area contributed by atoms with Gasteiger partial charge in [-0.25, -0.2) is 0 Å². The van der Waals surface area contributed by atoms with Crippen LogP contribution in [-0.4, -0.2) is 138 Å². The second kappa shape index (κ2) is 12.5. The van der Waals surface area contributed by atoms with Crippen LogP contribution in [0.4, 0.5) is 51.8 Å². The van der Waals surface area contributed by atoms with Crippen LogP contribution >= 0.6 is 35.3 Å². The summed E-state index contributed by atoms with van der Waals surface area (Å²) in [7, 11) is -4.72. The zero-order chi connectivity index (χ0) is 30.8. The Bertz CT molecular complexity index is 823. The standard InChI is InChI=1S/C14H27N6S3.3BF4/c1-15-10(21-7)16(2)14-13(15,17(3)11(22-8)19(14)5)18(4)12(23-9)20(14)6;3*2-1(3,4)5/h1-9H3;;;/q+3;3*-1. The van der Waals surface area contributed by atoms with Gasteiger partial charge in [0.15, 0.2) is 0 Å². The summed E-state index contributed by atoms with van der Waals surface area (Å²) < 4.78 is 124. The first-order valence-corrected chi connectivity index (χ1v) is 13.7. The van der Waals surface area contributed by atoms with Gasteiger partial charge in [-0.1, -0.05) is 0 Å². The summed E-state index contributed by atoms with van der Waals surface area (Å²) in [4.78, 5) is 7.28. The van der Waals surface area contributed by atoms with Crippen LogP contribution in [-0.2, 0) is 0 Å². The summed E-state index contributed by atoms with van der Waals surface area (Å²) in [5.41, 5.74) is 0. The van der Waals surface area contributed by atoms with Gasteiger partial charge in [0.2, 0.25) is 0 Å². The maximum Gasteiger partial charge on any atom is 0.673 e. The summed E-state index contributed by atoms with van der Waals surface area (Å²) in [6.45, 7) is 0. The molecule has 3 aliphatic heterocycles. The van der Waals surface area contributed by atoms with Crippen LogP contribution in [0.1, 0.15) is 0 Å². The van der Waals surface area contributed by atoms with Crippen LogP contribution in [0, 0.1) is 0 Å². The van der Waals surface area contributed by atoms with Gasteiger partial charge >= 0.3 is 48.8 Å². The van der Waals surface area contributed by atoms with Crippen molar-refractivity contribution >= 4 is 72.6 Å². The molecule has 0 aromatic heterocycles. The summed E-state index contributed by atoms with van der Waals surface area (Å²) in [6, 6.07) is 0. The van der Waals surface area contributed by atoms with Crippen LogP contribution < -0.4 is 0 Å². The highest BCUT2D eigenvalue weighted by molar-refractivity contribution is 8.13. The van der Waals surface area contributed by atoms with E-state index in [2.05, 4.69) is 89.5 Å². The molecule has 3 aliphatic rings. The van der Waals surface area contributed by atoms with Crippen LogP contribution in [0.25, 0.3) is 0 Å². The van der Waals surface area contributed by atoms with Gasteiger partial charge in [-0.2, -0.15) is 28.4 Å². The van der Waals surface area contributed by atoms with Gasteiger partial charge in [-0.05, 0) is 54.1 Å². The Hall–Kier alpha value is -1.19. The lowest BCUT2D eigenvalue weighted by atomic mass is 10.1. The molecule has 0 unspecified atom stereocenters. The highest BCUT2D eigenvalue weighted by atomic mass is 32.2. The highest BCUT2D eigenvalue weighted by Crippen LogP contribution is 2.51. The first-order valence-electron chi connectivity index (χ1n) is 10.1. The van der Waals surface area contributed by atoms with Crippen molar-refractivity contribution in [2.24, 2.45) is 0 Å². The van der Waals surface area contributed by atoms with E-state index in [4.69, 9.17) is 0 Å². The van der Waals surface area contributed by atoms with Crippen LogP contribution in [0.3, 0.4) is 0 Å². The first kappa shape index (κ1) is 36.8. The van der Waals surface area contributed by atoms with Gasteiger partial charge in [0.1, 0.15) is 0 Å². The minimum Gasteiger partial charge on any atom is -0.418 e. The smallest absolute Gasteiger partial charge is 0.418 e. The molecule has 38 heavy (non-hydrogen) atoms. The van der Waals surface area contributed by atoms with Crippen molar-refractivity contribution < 1.29 is 65.5 Å². The topological polar surface area (TPSA) is 18.8 Å². The number of rotatable bonds is 0. The van der Waals surface area contributed by atoms with E-state index in [0.29, 0.717) is 0 Å². The lowest BCUT2D eigenvalue weighted by Crippen LogP contribution is -2.73. The lowest BCUT2D eigenvalue weighted by Gasteiger charge is -2.30. The van der Waals surface area contributed by atoms with Crippen molar-refractivity contribution in [1.82, 2.24) is 14.7 Å². The number of nitrogens with zero attached hydrogens (tertiary/aromatic N) is 6. The first-order chi connectivity index (χ1) is 16.8. The fraction of sp³-hybridized carbons (Fsp3) is 0.786. The minimum absolute atomic E-state index is 0.291. The van der Waals surface area contributed by atoms with Crippen LogP contribution in [0.2, 0.25) is 0 Å². The van der Waals surface area contributed by atoms with E-state index in [1.807, 2.05) is 35.3 Å². The summed E-state index contributed by atoms with van der Waals surface area (Å²) >= 11 is 5.42. The average molecular weight is 636 g/mol. The Morgan fingerprint density at radius 3 is 0.763 bits per heavy atom. The molecule has 24 heteroatoms. The zero-order valence-corrected chi connectivity index (χ0v) is 24.1. The minimum atomic E-state index is -6.00. The second-order valence-electron chi connectivity index (χ2n) is 7.57. The molecule has 0 aromatic rings. The molecule has 6 nitrogen and oxygen atoms in total. The van der Waals surface area contributed by atoms with Crippen molar-refractivity contribution in [3.8, 4) is 0 Å². The third kappa shape index (κ3) is 7.31. The molecular formula is C14H27B3F12N6S3. The molecule has 0 bridgehead atoms. The monoisotopic (exact) mass is 636 g/mol. The lowest BCUT2D eigenvalue weighted by molar-refractivity contribution is -0.974. The molecule has 0 amide bonds. The van der Waals surface area contributed by atoms with E-state index in [1.165, 1.54) is 15.5 Å². The summed E-state index contributed by atoms with van der Waals surface area (Å²) in [5.74, 6) is -0.583. The van der Waals surface area contributed by atoms with Crippen molar-refractivity contribution in [3.05, 3.63) is 0 Å². The number of hydrogen-bond acceptors (Lipinski definition) is 6. The molecule has 0 aromatic carbocycles. The maximum atomic E-state index is 9.75. The van der Waals surface area contributed by atoms with Crippen molar-refractivity contribution in [2.45, 2.75) is 11.6 Å². The Labute approximate surface area is 225 Å². The molecular weight excluding hydrogens is 609 g/mol. The molecule has 0 N–H and O–H groups in total. The van der Waals surface area contributed by atoms with Gasteiger partial charge in [0.05, 0.1) is 42.3 Å². The van der Waals surface area contributed by atoms with Gasteiger partial charge < -0.3 is 51.8 Å². The third-order valence-corrected chi connectivity index (χ3v) is 8.26. The number of likely N-dealkylation sites (N-methyl/N-ethyl adjacent to an activating group) is 6.